The summed E-state index contributed by atoms with van der Waals surface area (Å²) in [5.74, 6) is 2.08. The Labute approximate surface area is 279 Å². The van der Waals surface area contributed by atoms with Crippen LogP contribution in [0.2, 0.25) is 5.02 Å². The summed E-state index contributed by atoms with van der Waals surface area (Å²) in [4.78, 5) is 30.2. The van der Waals surface area contributed by atoms with Crippen LogP contribution in [0.1, 0.15) is 82.5 Å². The minimum atomic E-state index is -0.353. The van der Waals surface area contributed by atoms with Crippen molar-refractivity contribution in [3.63, 3.8) is 0 Å². The summed E-state index contributed by atoms with van der Waals surface area (Å²) in [6.07, 6.45) is 5.40. The fourth-order valence-electron chi connectivity index (χ4n) is 6.59. The van der Waals surface area contributed by atoms with E-state index in [4.69, 9.17) is 21.1 Å². The number of anilines is 2. The van der Waals surface area contributed by atoms with Crippen LogP contribution in [0.15, 0.2) is 60.7 Å². The van der Waals surface area contributed by atoms with Gasteiger partial charge in [0, 0.05) is 41.9 Å². The van der Waals surface area contributed by atoms with Crippen molar-refractivity contribution in [2.24, 2.45) is 11.8 Å². The monoisotopic (exact) mass is 645 g/mol. The third-order valence-corrected chi connectivity index (χ3v) is 9.75. The van der Waals surface area contributed by atoms with E-state index in [0.717, 1.165) is 66.7 Å². The standard InChI is InChI=1S/C38H48ClN3O4/c1-7-25(4)46-35-22-33-28(20-34(35)45-6)21-36(43)42(37(33)27-10-12-29(39)13-11-27)32-18-16-31(17-19-32)41(5)23-26-8-14-30(15-9-26)40-38(44)24(2)3/h10-13,16-20,22,24-26,30,37H,7-9,14-15,21,23H2,1-6H3,(H,40,44)/t25-,26-,30-,37?/m1/s1. The second-order valence-electron chi connectivity index (χ2n) is 13.2. The third-order valence-electron chi connectivity index (χ3n) is 9.50. The molecule has 2 aliphatic rings. The Bertz CT molecular complexity index is 1500. The van der Waals surface area contributed by atoms with E-state index in [1.165, 1.54) is 0 Å². The third kappa shape index (κ3) is 7.63. The molecule has 1 N–H and O–H groups in total. The van der Waals surface area contributed by atoms with E-state index in [1.807, 2.05) is 62.1 Å². The first kappa shape index (κ1) is 33.6. The Kier molecular flexibility index (Phi) is 10.8. The van der Waals surface area contributed by atoms with Gasteiger partial charge >= 0.3 is 0 Å². The first-order chi connectivity index (χ1) is 22.1. The number of carbonyl (C=O) groups excluding carboxylic acids is 2. The normalized spacial score (nSPS) is 20.2. The van der Waals surface area contributed by atoms with Crippen molar-refractivity contribution in [2.45, 2.75) is 84.4 Å². The number of amides is 2. The summed E-state index contributed by atoms with van der Waals surface area (Å²) in [7, 11) is 3.77. The van der Waals surface area contributed by atoms with Crippen LogP contribution in [-0.4, -0.2) is 44.7 Å². The SMILES string of the molecule is CC[C@@H](C)Oc1cc2c(cc1OC)CC(=O)N(c1ccc(N(C)C[C@H]3CC[C@H](NC(=O)C(C)C)CC3)cc1)C2c1ccc(Cl)cc1. The summed E-state index contributed by atoms with van der Waals surface area (Å²) in [6, 6.07) is 20.0. The molecule has 7 nitrogen and oxygen atoms in total. The van der Waals surface area contributed by atoms with Crippen molar-refractivity contribution in [1.29, 1.82) is 0 Å². The number of methoxy groups -OCH3 is 1. The van der Waals surface area contributed by atoms with Gasteiger partial charge in [-0.2, -0.15) is 0 Å². The molecule has 8 heteroatoms. The fourth-order valence-corrected chi connectivity index (χ4v) is 6.72. The smallest absolute Gasteiger partial charge is 0.232 e. The lowest BCUT2D eigenvalue weighted by molar-refractivity contribution is -0.125. The molecule has 5 rings (SSSR count). The van der Waals surface area contributed by atoms with Crippen LogP contribution in [0.4, 0.5) is 11.4 Å². The molecular weight excluding hydrogens is 598 g/mol. The van der Waals surface area contributed by atoms with Gasteiger partial charge in [0.05, 0.1) is 25.7 Å². The number of nitrogens with zero attached hydrogens (tertiary/aromatic N) is 2. The molecule has 2 amide bonds. The molecule has 0 radical (unpaired) electrons. The molecule has 46 heavy (non-hydrogen) atoms. The van der Waals surface area contributed by atoms with E-state index in [2.05, 4.69) is 48.5 Å². The number of ether oxygens (including phenoxy) is 2. The molecule has 0 saturated heterocycles. The molecule has 1 saturated carbocycles. The lowest BCUT2D eigenvalue weighted by Gasteiger charge is -2.38. The quantitative estimate of drug-likeness (QED) is 0.229. The topological polar surface area (TPSA) is 71.1 Å². The summed E-state index contributed by atoms with van der Waals surface area (Å²) in [6.45, 7) is 8.97. The molecule has 1 unspecified atom stereocenters. The molecule has 0 bridgehead atoms. The molecule has 2 atom stereocenters. The molecule has 0 aromatic heterocycles. The molecule has 246 valence electrons. The maximum absolute atomic E-state index is 13.9. The number of rotatable bonds is 11. The van der Waals surface area contributed by atoms with Crippen LogP contribution in [0.25, 0.3) is 0 Å². The fraction of sp³-hybridized carbons (Fsp3) is 0.474. The van der Waals surface area contributed by atoms with E-state index in [0.29, 0.717) is 22.4 Å². The van der Waals surface area contributed by atoms with Gasteiger partial charge in [-0.05, 0) is 110 Å². The predicted molar refractivity (Wildman–Crippen MR) is 186 cm³/mol. The summed E-state index contributed by atoms with van der Waals surface area (Å²) < 4.78 is 12.0. The number of hydrogen-bond donors (Lipinski definition) is 1. The van der Waals surface area contributed by atoms with Crippen LogP contribution >= 0.6 is 11.6 Å². The Balaban J connectivity index is 1.38. The van der Waals surface area contributed by atoms with Gasteiger partial charge < -0.3 is 24.6 Å². The molecule has 1 aliphatic heterocycles. The van der Waals surface area contributed by atoms with Gasteiger partial charge in [-0.3, -0.25) is 9.59 Å². The number of halogens is 1. The van der Waals surface area contributed by atoms with E-state index in [9.17, 15) is 9.59 Å². The van der Waals surface area contributed by atoms with E-state index >= 15 is 0 Å². The van der Waals surface area contributed by atoms with Crippen LogP contribution in [0.3, 0.4) is 0 Å². The molecule has 0 spiro atoms. The van der Waals surface area contributed by atoms with Crippen molar-refractivity contribution in [1.82, 2.24) is 5.32 Å². The number of fused-ring (bicyclic) bond motifs is 1. The number of nitrogens with one attached hydrogen (secondary N) is 1. The maximum Gasteiger partial charge on any atom is 0.232 e. The van der Waals surface area contributed by atoms with Crippen molar-refractivity contribution in [3.8, 4) is 11.5 Å². The lowest BCUT2D eigenvalue weighted by Crippen LogP contribution is -2.41. The van der Waals surface area contributed by atoms with Gasteiger partial charge in [0.2, 0.25) is 11.8 Å². The summed E-state index contributed by atoms with van der Waals surface area (Å²) in [5.41, 5.74) is 4.88. The zero-order chi connectivity index (χ0) is 33.0. The van der Waals surface area contributed by atoms with E-state index in [1.54, 1.807) is 7.11 Å². The Morgan fingerprint density at radius 2 is 1.67 bits per heavy atom. The lowest BCUT2D eigenvalue weighted by atomic mass is 9.85. The number of carbonyl (C=O) groups is 2. The Hall–Kier alpha value is -3.71. The molecule has 3 aromatic carbocycles. The summed E-state index contributed by atoms with van der Waals surface area (Å²) in [5, 5.41) is 3.85. The van der Waals surface area contributed by atoms with Crippen LogP contribution < -0.4 is 24.6 Å². The average Bonchev–Trinajstić information content (AvgIpc) is 3.05. The van der Waals surface area contributed by atoms with E-state index < -0.39 is 0 Å². The van der Waals surface area contributed by atoms with Gasteiger partial charge in [0.25, 0.3) is 0 Å². The van der Waals surface area contributed by atoms with Gasteiger partial charge in [-0.25, -0.2) is 0 Å². The maximum atomic E-state index is 13.9. The van der Waals surface area contributed by atoms with Gasteiger partial charge in [-0.15, -0.1) is 0 Å². The van der Waals surface area contributed by atoms with Crippen LogP contribution in [0.5, 0.6) is 11.5 Å². The van der Waals surface area contributed by atoms with Gasteiger partial charge in [-0.1, -0.05) is 44.5 Å². The first-order valence-electron chi connectivity index (χ1n) is 16.6. The highest BCUT2D eigenvalue weighted by atomic mass is 35.5. The minimum absolute atomic E-state index is 0.0209. The van der Waals surface area contributed by atoms with Crippen molar-refractivity contribution in [3.05, 3.63) is 82.4 Å². The molecule has 3 aromatic rings. The zero-order valence-electron chi connectivity index (χ0n) is 28.0. The molecule has 1 fully saturated rings. The Morgan fingerprint density at radius 3 is 2.28 bits per heavy atom. The molecular formula is C38H48ClN3O4. The van der Waals surface area contributed by atoms with Gasteiger partial charge in [0.15, 0.2) is 11.5 Å². The highest BCUT2D eigenvalue weighted by molar-refractivity contribution is 6.30. The first-order valence-corrected chi connectivity index (χ1v) is 17.0. The van der Waals surface area contributed by atoms with Gasteiger partial charge in [0.1, 0.15) is 0 Å². The minimum Gasteiger partial charge on any atom is -0.493 e. The number of hydrogen-bond acceptors (Lipinski definition) is 5. The largest absolute Gasteiger partial charge is 0.493 e. The zero-order valence-corrected chi connectivity index (χ0v) is 28.8. The average molecular weight is 646 g/mol. The predicted octanol–water partition coefficient (Wildman–Crippen LogP) is 7.97. The van der Waals surface area contributed by atoms with Crippen molar-refractivity contribution >= 4 is 34.8 Å². The Morgan fingerprint density at radius 1 is 1.00 bits per heavy atom. The molecule has 1 aliphatic carbocycles. The highest BCUT2D eigenvalue weighted by Gasteiger charge is 2.36. The van der Waals surface area contributed by atoms with Crippen LogP contribution in [-0.2, 0) is 16.0 Å². The van der Waals surface area contributed by atoms with Crippen LogP contribution in [0, 0.1) is 11.8 Å². The second kappa shape index (κ2) is 14.8. The van der Waals surface area contributed by atoms with Crippen molar-refractivity contribution in [2.75, 3.05) is 30.5 Å². The second-order valence-corrected chi connectivity index (χ2v) is 13.6. The van der Waals surface area contributed by atoms with Crippen molar-refractivity contribution < 1.29 is 19.1 Å². The summed E-state index contributed by atoms with van der Waals surface area (Å²) >= 11 is 6.29. The van der Waals surface area contributed by atoms with E-state index in [-0.39, 0.29) is 42.3 Å². The number of benzene rings is 3. The highest BCUT2D eigenvalue weighted by Crippen LogP contribution is 2.44. The molecule has 1 heterocycles.